The molecule has 198 valence electrons. The summed E-state index contributed by atoms with van der Waals surface area (Å²) >= 11 is 11.9. The Morgan fingerprint density at radius 2 is 1.50 bits per heavy atom. The zero-order valence-electron chi connectivity index (χ0n) is 21.4. The Labute approximate surface area is 224 Å². The SMILES string of the molecule is CCC(C(=O)NC(C)(C)C)N(Cc1ccc(Cl)cc1)C(=O)CCCN(c1ccc(Cl)cc1)S(C)(=O)=O. The van der Waals surface area contributed by atoms with Crippen LogP contribution in [0.1, 0.15) is 52.5 Å². The van der Waals surface area contributed by atoms with E-state index in [0.29, 0.717) is 22.2 Å². The van der Waals surface area contributed by atoms with E-state index in [1.807, 2.05) is 39.8 Å². The minimum Gasteiger partial charge on any atom is -0.350 e. The second kappa shape index (κ2) is 12.8. The lowest BCUT2D eigenvalue weighted by atomic mass is 10.0. The molecule has 1 unspecified atom stereocenters. The molecule has 0 bridgehead atoms. The van der Waals surface area contributed by atoms with Gasteiger partial charge in [-0.25, -0.2) is 8.42 Å². The van der Waals surface area contributed by atoms with Crippen molar-refractivity contribution in [3.63, 3.8) is 0 Å². The summed E-state index contributed by atoms with van der Waals surface area (Å²) in [6.45, 7) is 7.88. The maximum atomic E-state index is 13.4. The highest BCUT2D eigenvalue weighted by atomic mass is 35.5. The van der Waals surface area contributed by atoms with Crippen LogP contribution in [0.2, 0.25) is 10.0 Å². The second-order valence-electron chi connectivity index (χ2n) is 9.73. The molecule has 0 heterocycles. The van der Waals surface area contributed by atoms with E-state index < -0.39 is 21.6 Å². The Bertz CT molecular complexity index is 1130. The summed E-state index contributed by atoms with van der Waals surface area (Å²) in [5, 5.41) is 4.05. The number of amides is 2. The molecule has 7 nitrogen and oxygen atoms in total. The van der Waals surface area contributed by atoms with Crippen LogP contribution in [0.3, 0.4) is 0 Å². The normalized spacial score (nSPS) is 12.6. The average Bonchev–Trinajstić information content (AvgIpc) is 2.76. The van der Waals surface area contributed by atoms with Crippen LogP contribution in [0.25, 0.3) is 0 Å². The molecule has 0 aliphatic carbocycles. The Balaban J connectivity index is 2.22. The standard InChI is InChI=1S/C26H35Cl2N3O4S/c1-6-23(25(33)29-26(2,3)4)30(18-19-9-11-20(27)12-10-19)24(32)8-7-17-31(36(5,34)35)22-15-13-21(28)14-16-22/h9-16,23H,6-8,17-18H2,1-5H3,(H,29,33). The number of hydrogen-bond donors (Lipinski definition) is 1. The van der Waals surface area contributed by atoms with Crippen molar-refractivity contribution < 1.29 is 18.0 Å². The van der Waals surface area contributed by atoms with Crippen molar-refractivity contribution in [1.29, 1.82) is 0 Å². The predicted molar refractivity (Wildman–Crippen MR) is 147 cm³/mol. The van der Waals surface area contributed by atoms with Crippen molar-refractivity contribution in [3.05, 3.63) is 64.1 Å². The van der Waals surface area contributed by atoms with Crippen molar-refractivity contribution in [1.82, 2.24) is 10.2 Å². The quantitative estimate of drug-likeness (QED) is 0.409. The molecule has 0 saturated carbocycles. The van der Waals surface area contributed by atoms with Gasteiger partial charge in [-0.05, 0) is 75.6 Å². The van der Waals surface area contributed by atoms with Crippen LogP contribution in [0.15, 0.2) is 48.5 Å². The highest BCUT2D eigenvalue weighted by Gasteiger charge is 2.30. The van der Waals surface area contributed by atoms with E-state index in [0.717, 1.165) is 11.8 Å². The van der Waals surface area contributed by atoms with E-state index in [9.17, 15) is 18.0 Å². The van der Waals surface area contributed by atoms with Gasteiger partial charge < -0.3 is 10.2 Å². The first-order valence-electron chi connectivity index (χ1n) is 11.8. The number of nitrogens with one attached hydrogen (secondary N) is 1. The number of benzene rings is 2. The maximum Gasteiger partial charge on any atom is 0.243 e. The third-order valence-electron chi connectivity index (χ3n) is 5.42. The number of anilines is 1. The number of halogens is 2. The summed E-state index contributed by atoms with van der Waals surface area (Å²) in [5.41, 5.74) is 0.866. The molecule has 2 rings (SSSR count). The number of nitrogens with zero attached hydrogens (tertiary/aromatic N) is 2. The minimum atomic E-state index is -3.57. The second-order valence-corrected chi connectivity index (χ2v) is 12.5. The van der Waals surface area contributed by atoms with Crippen LogP contribution < -0.4 is 9.62 Å². The van der Waals surface area contributed by atoms with Crippen LogP contribution in [-0.2, 0) is 26.2 Å². The van der Waals surface area contributed by atoms with Gasteiger partial charge in [-0.3, -0.25) is 13.9 Å². The molecule has 2 aromatic rings. The lowest BCUT2D eigenvalue weighted by Crippen LogP contribution is -2.53. The summed E-state index contributed by atoms with van der Waals surface area (Å²) in [5.74, 6) is -0.461. The van der Waals surface area contributed by atoms with Gasteiger partial charge in [0.1, 0.15) is 6.04 Å². The first kappa shape index (κ1) is 29.9. The Morgan fingerprint density at radius 3 is 1.97 bits per heavy atom. The van der Waals surface area contributed by atoms with Crippen molar-refractivity contribution in [2.45, 2.75) is 65.1 Å². The number of sulfonamides is 1. The van der Waals surface area contributed by atoms with Crippen molar-refractivity contribution in [3.8, 4) is 0 Å². The summed E-state index contributed by atoms with van der Waals surface area (Å²) in [6.07, 6.45) is 1.91. The molecule has 0 saturated heterocycles. The molecule has 0 fully saturated rings. The summed E-state index contributed by atoms with van der Waals surface area (Å²) < 4.78 is 26.1. The predicted octanol–water partition coefficient (Wildman–Crippen LogP) is 5.26. The molecule has 36 heavy (non-hydrogen) atoms. The third kappa shape index (κ3) is 9.30. The lowest BCUT2D eigenvalue weighted by molar-refractivity contribution is -0.142. The summed E-state index contributed by atoms with van der Waals surface area (Å²) in [6, 6.07) is 12.9. The molecule has 0 aromatic heterocycles. The maximum absolute atomic E-state index is 13.4. The van der Waals surface area contributed by atoms with Gasteiger partial charge in [-0.1, -0.05) is 42.3 Å². The monoisotopic (exact) mass is 555 g/mol. The molecule has 0 aliphatic heterocycles. The van der Waals surface area contributed by atoms with Gasteiger partial charge in [0.05, 0.1) is 11.9 Å². The van der Waals surface area contributed by atoms with Crippen LogP contribution in [0.4, 0.5) is 5.69 Å². The van der Waals surface area contributed by atoms with Crippen LogP contribution >= 0.6 is 23.2 Å². The zero-order chi connectivity index (χ0) is 27.1. The van der Waals surface area contributed by atoms with Gasteiger partial charge in [0.25, 0.3) is 0 Å². The topological polar surface area (TPSA) is 86.8 Å². The number of carbonyl (C=O) groups is 2. The molecule has 1 N–H and O–H groups in total. The van der Waals surface area contributed by atoms with Crippen molar-refractivity contribution in [2.75, 3.05) is 17.1 Å². The fraction of sp³-hybridized carbons (Fsp3) is 0.462. The number of carbonyl (C=O) groups excluding carboxylic acids is 2. The van der Waals surface area contributed by atoms with Crippen LogP contribution in [-0.4, -0.2) is 49.5 Å². The molecule has 10 heteroatoms. The van der Waals surface area contributed by atoms with E-state index in [-0.39, 0.29) is 37.7 Å². The number of rotatable bonds is 11. The highest BCUT2D eigenvalue weighted by Crippen LogP contribution is 2.22. The smallest absolute Gasteiger partial charge is 0.243 e. The first-order valence-corrected chi connectivity index (χ1v) is 14.4. The molecule has 2 amide bonds. The molecular weight excluding hydrogens is 521 g/mol. The molecular formula is C26H35Cl2N3O4S. The molecule has 0 aliphatic rings. The van der Waals surface area contributed by atoms with Gasteiger partial charge in [0.15, 0.2) is 0 Å². The van der Waals surface area contributed by atoms with E-state index in [1.54, 1.807) is 41.3 Å². The highest BCUT2D eigenvalue weighted by molar-refractivity contribution is 7.92. The fourth-order valence-corrected chi connectivity index (χ4v) is 4.99. The molecule has 1 atom stereocenters. The zero-order valence-corrected chi connectivity index (χ0v) is 23.8. The van der Waals surface area contributed by atoms with Crippen LogP contribution in [0, 0.1) is 0 Å². The van der Waals surface area contributed by atoms with Gasteiger partial charge in [0.2, 0.25) is 21.8 Å². The van der Waals surface area contributed by atoms with E-state index in [2.05, 4.69) is 5.32 Å². The van der Waals surface area contributed by atoms with Gasteiger partial charge in [-0.2, -0.15) is 0 Å². The molecule has 0 spiro atoms. The fourth-order valence-electron chi connectivity index (χ4n) is 3.77. The molecule has 0 radical (unpaired) electrons. The van der Waals surface area contributed by atoms with E-state index in [4.69, 9.17) is 23.2 Å². The third-order valence-corrected chi connectivity index (χ3v) is 7.12. The van der Waals surface area contributed by atoms with Gasteiger partial charge in [-0.15, -0.1) is 0 Å². The number of hydrogen-bond acceptors (Lipinski definition) is 4. The van der Waals surface area contributed by atoms with Crippen molar-refractivity contribution in [2.24, 2.45) is 0 Å². The largest absolute Gasteiger partial charge is 0.350 e. The average molecular weight is 557 g/mol. The van der Waals surface area contributed by atoms with Gasteiger partial charge in [0, 0.05) is 35.1 Å². The first-order chi connectivity index (χ1) is 16.7. The lowest BCUT2D eigenvalue weighted by Gasteiger charge is -2.33. The van der Waals surface area contributed by atoms with E-state index >= 15 is 0 Å². The summed E-state index contributed by atoms with van der Waals surface area (Å²) in [7, 11) is -3.57. The Morgan fingerprint density at radius 1 is 0.972 bits per heavy atom. The van der Waals surface area contributed by atoms with E-state index in [1.165, 1.54) is 4.31 Å². The Hall–Kier alpha value is -2.29. The van der Waals surface area contributed by atoms with Gasteiger partial charge >= 0.3 is 0 Å². The summed E-state index contributed by atoms with van der Waals surface area (Å²) in [4.78, 5) is 28.1. The Kier molecular flexibility index (Phi) is 10.6. The molecule has 2 aromatic carbocycles. The van der Waals surface area contributed by atoms with Crippen LogP contribution in [0.5, 0.6) is 0 Å². The minimum absolute atomic E-state index is 0.0759. The van der Waals surface area contributed by atoms with Crippen molar-refractivity contribution >= 4 is 50.7 Å².